The minimum Gasteiger partial charge on any atom is -0.354 e. The Bertz CT molecular complexity index is 739. The van der Waals surface area contributed by atoms with Crippen LogP contribution in [0, 0.1) is 5.92 Å². The largest absolute Gasteiger partial charge is 0.354 e. The maximum Gasteiger partial charge on any atom is 0.244 e. The van der Waals surface area contributed by atoms with Gasteiger partial charge < -0.3 is 10.2 Å². The number of hydrogen-bond acceptors (Lipinski definition) is 4. The number of carbonyl (C=O) groups is 2. The molecule has 128 valence electrons. The number of hydrogen-bond donors (Lipinski definition) is 1. The Morgan fingerprint density at radius 3 is 2.92 bits per heavy atom. The van der Waals surface area contributed by atoms with E-state index in [0.29, 0.717) is 13.1 Å². The number of carbonyl (C=O) groups excluding carboxylic acids is 2. The van der Waals surface area contributed by atoms with E-state index in [2.05, 4.69) is 15.6 Å². The second-order valence-corrected chi connectivity index (χ2v) is 6.58. The number of nitrogens with zero attached hydrogens (tertiary/aromatic N) is 4. The van der Waals surface area contributed by atoms with E-state index in [1.54, 1.807) is 9.58 Å². The Hall–Kier alpha value is -2.44. The molecule has 7 heteroatoms. The number of likely N-dealkylation sites (tertiary alicyclic amines) is 1. The zero-order valence-corrected chi connectivity index (χ0v) is 14.1. The number of benzene rings is 1. The quantitative estimate of drug-likeness (QED) is 0.914. The molecule has 2 amide bonds. The average molecular weight is 329 g/mol. The number of aromatic nitrogens is 3. The Morgan fingerprint density at radius 1 is 1.33 bits per heavy atom. The fourth-order valence-electron chi connectivity index (χ4n) is 3.08. The Morgan fingerprint density at radius 2 is 2.12 bits per heavy atom. The number of rotatable bonds is 4. The molecule has 3 rings (SSSR count). The second-order valence-electron chi connectivity index (χ2n) is 6.58. The predicted octanol–water partition coefficient (Wildman–Crippen LogP) is 1.19. The number of piperidine rings is 1. The van der Waals surface area contributed by atoms with Crippen molar-refractivity contribution in [3.05, 3.63) is 24.3 Å². The standard InChI is InChI=1S/C17H23N5O2/c1-12(2)18-17(24)13-6-5-9-21(10-13)16(23)11-22-15-8-4-3-7-14(15)19-20-22/h3-4,7-8,12-13H,5-6,9-11H2,1-2H3,(H,18,24)/t13-/m0/s1. The van der Waals surface area contributed by atoms with Gasteiger partial charge in [-0.25, -0.2) is 4.68 Å². The number of amides is 2. The van der Waals surface area contributed by atoms with Gasteiger partial charge in [-0.05, 0) is 38.8 Å². The zero-order valence-electron chi connectivity index (χ0n) is 14.1. The highest BCUT2D eigenvalue weighted by molar-refractivity contribution is 5.82. The molecule has 1 aliphatic rings. The number of nitrogens with one attached hydrogen (secondary N) is 1. The summed E-state index contributed by atoms with van der Waals surface area (Å²) in [6.07, 6.45) is 1.68. The minimum atomic E-state index is -0.127. The molecule has 0 saturated carbocycles. The van der Waals surface area contributed by atoms with Crippen molar-refractivity contribution >= 4 is 22.8 Å². The first-order chi connectivity index (χ1) is 11.5. The van der Waals surface area contributed by atoms with Gasteiger partial charge in [0.15, 0.2) is 0 Å². The average Bonchev–Trinajstić information content (AvgIpc) is 2.97. The molecule has 1 saturated heterocycles. The summed E-state index contributed by atoms with van der Waals surface area (Å²) in [5.74, 6) is -0.112. The fraction of sp³-hybridized carbons (Fsp3) is 0.529. The molecule has 0 aliphatic carbocycles. The van der Waals surface area contributed by atoms with E-state index in [0.717, 1.165) is 23.9 Å². The Balaban J connectivity index is 1.65. The van der Waals surface area contributed by atoms with Gasteiger partial charge in [0.1, 0.15) is 12.1 Å². The molecular formula is C17H23N5O2. The highest BCUT2D eigenvalue weighted by Crippen LogP contribution is 2.18. The van der Waals surface area contributed by atoms with Crippen LogP contribution in [0.5, 0.6) is 0 Å². The summed E-state index contributed by atoms with van der Waals surface area (Å²) in [5, 5.41) is 11.1. The van der Waals surface area contributed by atoms with Gasteiger partial charge in [0.05, 0.1) is 11.4 Å². The van der Waals surface area contributed by atoms with Gasteiger partial charge in [-0.15, -0.1) is 5.10 Å². The van der Waals surface area contributed by atoms with Gasteiger partial charge in [0.25, 0.3) is 0 Å². The van der Waals surface area contributed by atoms with E-state index in [9.17, 15) is 9.59 Å². The minimum absolute atomic E-state index is 0.0206. The molecule has 0 radical (unpaired) electrons. The van der Waals surface area contributed by atoms with Crippen LogP contribution in [0.1, 0.15) is 26.7 Å². The Labute approximate surface area is 141 Å². The lowest BCUT2D eigenvalue weighted by Crippen LogP contribution is -2.47. The summed E-state index contributed by atoms with van der Waals surface area (Å²) >= 11 is 0. The van der Waals surface area contributed by atoms with Crippen molar-refractivity contribution in [2.45, 2.75) is 39.3 Å². The van der Waals surface area contributed by atoms with E-state index >= 15 is 0 Å². The second kappa shape index (κ2) is 6.98. The van der Waals surface area contributed by atoms with E-state index in [1.807, 2.05) is 38.1 Å². The smallest absolute Gasteiger partial charge is 0.244 e. The maximum absolute atomic E-state index is 12.6. The van der Waals surface area contributed by atoms with E-state index in [1.165, 1.54) is 0 Å². The fourth-order valence-corrected chi connectivity index (χ4v) is 3.08. The third-order valence-corrected chi connectivity index (χ3v) is 4.28. The number of para-hydroxylation sites is 1. The summed E-state index contributed by atoms with van der Waals surface area (Å²) in [7, 11) is 0. The first-order valence-electron chi connectivity index (χ1n) is 8.41. The lowest BCUT2D eigenvalue weighted by atomic mass is 9.97. The topological polar surface area (TPSA) is 80.1 Å². The third-order valence-electron chi connectivity index (χ3n) is 4.28. The van der Waals surface area contributed by atoms with Gasteiger partial charge in [-0.1, -0.05) is 17.3 Å². The molecular weight excluding hydrogens is 306 g/mol. The van der Waals surface area contributed by atoms with Crippen LogP contribution in [-0.2, 0) is 16.1 Å². The van der Waals surface area contributed by atoms with Crippen LogP contribution >= 0.6 is 0 Å². The van der Waals surface area contributed by atoms with Crippen LogP contribution in [0.15, 0.2) is 24.3 Å². The normalized spacial score (nSPS) is 18.1. The molecule has 1 atom stereocenters. The number of fused-ring (bicyclic) bond motifs is 1. The van der Waals surface area contributed by atoms with Crippen LogP contribution in [0.25, 0.3) is 11.0 Å². The predicted molar refractivity (Wildman–Crippen MR) is 90.1 cm³/mol. The van der Waals surface area contributed by atoms with Gasteiger partial charge in [-0.2, -0.15) is 0 Å². The molecule has 0 spiro atoms. The Kier molecular flexibility index (Phi) is 4.78. The molecule has 0 bridgehead atoms. The lowest BCUT2D eigenvalue weighted by molar-refractivity contribution is -0.136. The van der Waals surface area contributed by atoms with E-state index in [-0.39, 0.29) is 30.3 Å². The van der Waals surface area contributed by atoms with Crippen molar-refractivity contribution < 1.29 is 9.59 Å². The van der Waals surface area contributed by atoms with E-state index in [4.69, 9.17) is 0 Å². The summed E-state index contributed by atoms with van der Waals surface area (Å²) < 4.78 is 1.62. The van der Waals surface area contributed by atoms with Gasteiger partial charge in [0, 0.05) is 19.1 Å². The SMILES string of the molecule is CC(C)NC(=O)[C@H]1CCCN(C(=O)Cn2nnc3ccccc32)C1. The van der Waals surface area contributed by atoms with Gasteiger partial charge in [-0.3, -0.25) is 9.59 Å². The summed E-state index contributed by atoms with van der Waals surface area (Å²) in [6, 6.07) is 7.69. The molecule has 0 unspecified atom stereocenters. The molecule has 2 heterocycles. The van der Waals surface area contributed by atoms with Crippen LogP contribution < -0.4 is 5.32 Å². The monoisotopic (exact) mass is 329 g/mol. The molecule has 1 aromatic carbocycles. The first kappa shape index (κ1) is 16.4. The summed E-state index contributed by atoms with van der Waals surface area (Å²) in [4.78, 5) is 26.6. The van der Waals surface area contributed by atoms with Crippen LogP contribution in [-0.4, -0.2) is 50.8 Å². The maximum atomic E-state index is 12.6. The third kappa shape index (κ3) is 3.55. The van der Waals surface area contributed by atoms with Crippen molar-refractivity contribution in [3.8, 4) is 0 Å². The van der Waals surface area contributed by atoms with Crippen LogP contribution in [0.3, 0.4) is 0 Å². The molecule has 1 aromatic heterocycles. The zero-order chi connectivity index (χ0) is 17.1. The van der Waals surface area contributed by atoms with Crippen LogP contribution in [0.4, 0.5) is 0 Å². The van der Waals surface area contributed by atoms with Crippen molar-refractivity contribution in [3.63, 3.8) is 0 Å². The van der Waals surface area contributed by atoms with Crippen molar-refractivity contribution in [1.29, 1.82) is 0 Å². The molecule has 24 heavy (non-hydrogen) atoms. The molecule has 1 fully saturated rings. The highest BCUT2D eigenvalue weighted by Gasteiger charge is 2.28. The summed E-state index contributed by atoms with van der Waals surface area (Å²) in [6.45, 7) is 5.21. The van der Waals surface area contributed by atoms with Crippen molar-refractivity contribution in [1.82, 2.24) is 25.2 Å². The van der Waals surface area contributed by atoms with Crippen LogP contribution in [0.2, 0.25) is 0 Å². The molecule has 1 aliphatic heterocycles. The summed E-state index contributed by atoms with van der Waals surface area (Å²) in [5.41, 5.74) is 1.62. The lowest BCUT2D eigenvalue weighted by Gasteiger charge is -2.32. The highest BCUT2D eigenvalue weighted by atomic mass is 16.2. The molecule has 1 N–H and O–H groups in total. The van der Waals surface area contributed by atoms with Gasteiger partial charge >= 0.3 is 0 Å². The first-order valence-corrected chi connectivity index (χ1v) is 8.41. The molecule has 7 nitrogen and oxygen atoms in total. The molecule has 2 aromatic rings. The van der Waals surface area contributed by atoms with E-state index < -0.39 is 0 Å². The van der Waals surface area contributed by atoms with Crippen molar-refractivity contribution in [2.75, 3.05) is 13.1 Å². The van der Waals surface area contributed by atoms with Crippen molar-refractivity contribution in [2.24, 2.45) is 5.92 Å². The van der Waals surface area contributed by atoms with Gasteiger partial charge in [0.2, 0.25) is 11.8 Å².